The van der Waals surface area contributed by atoms with E-state index in [1.807, 2.05) is 24.5 Å². The van der Waals surface area contributed by atoms with Crippen molar-refractivity contribution in [2.75, 3.05) is 30.9 Å². The number of nitrogens with zero attached hydrogens (tertiary/aromatic N) is 3. The van der Waals surface area contributed by atoms with Gasteiger partial charge in [0.15, 0.2) is 0 Å². The lowest BCUT2D eigenvalue weighted by Gasteiger charge is -2.19. The highest BCUT2D eigenvalue weighted by Gasteiger charge is 2.08. The Balaban J connectivity index is 2.07. The Morgan fingerprint density at radius 1 is 1.30 bits per heavy atom. The second-order valence-corrected chi connectivity index (χ2v) is 5.81. The van der Waals surface area contributed by atoms with Crippen molar-refractivity contribution in [3.05, 3.63) is 34.3 Å². The van der Waals surface area contributed by atoms with Gasteiger partial charge in [-0.2, -0.15) is 0 Å². The van der Waals surface area contributed by atoms with E-state index in [1.165, 1.54) is 4.88 Å². The van der Waals surface area contributed by atoms with Gasteiger partial charge in [-0.15, -0.1) is 11.3 Å². The van der Waals surface area contributed by atoms with Crippen molar-refractivity contribution in [2.24, 2.45) is 0 Å². The molecule has 0 bridgehead atoms. The summed E-state index contributed by atoms with van der Waals surface area (Å²) >= 11 is 1.81. The molecule has 2 rings (SSSR count). The molecule has 0 aliphatic rings. The highest BCUT2D eigenvalue weighted by Crippen LogP contribution is 2.17. The van der Waals surface area contributed by atoms with Gasteiger partial charge >= 0.3 is 0 Å². The maximum atomic E-state index is 4.65. The van der Waals surface area contributed by atoms with Crippen LogP contribution in [0.5, 0.6) is 0 Å². The minimum Gasteiger partial charge on any atom is -0.373 e. The number of aryl methyl sites for hydroxylation is 1. The molecule has 1 N–H and O–H groups in total. The third-order valence-corrected chi connectivity index (χ3v) is 4.09. The van der Waals surface area contributed by atoms with Gasteiger partial charge in [-0.25, -0.2) is 9.97 Å². The van der Waals surface area contributed by atoms with Crippen LogP contribution in [0.3, 0.4) is 0 Å². The third kappa shape index (κ3) is 3.93. The number of hydrogen-bond acceptors (Lipinski definition) is 5. The van der Waals surface area contributed by atoms with Crippen LogP contribution in [0, 0.1) is 0 Å². The number of anilines is 2. The highest BCUT2D eigenvalue weighted by atomic mass is 32.1. The Kier molecular flexibility index (Phi) is 5.35. The van der Waals surface area contributed by atoms with Crippen molar-refractivity contribution in [2.45, 2.75) is 26.2 Å². The van der Waals surface area contributed by atoms with Crippen LogP contribution in [0.15, 0.2) is 23.6 Å². The van der Waals surface area contributed by atoms with Gasteiger partial charge in [-0.3, -0.25) is 0 Å². The molecule has 20 heavy (non-hydrogen) atoms. The van der Waals surface area contributed by atoms with Gasteiger partial charge in [0.05, 0.1) is 0 Å². The molecule has 0 amide bonds. The summed E-state index contributed by atoms with van der Waals surface area (Å²) in [5, 5.41) is 5.24. The molecule has 0 radical (unpaired) electrons. The molecule has 2 aromatic rings. The molecule has 0 aliphatic carbocycles. The zero-order valence-electron chi connectivity index (χ0n) is 12.4. The standard InChI is InChI=1S/C15H22N4S/c1-4-6-13-17-14(16-2)11-15(18-13)19(3)9-8-12-7-5-10-20-12/h5,7,10-11H,4,6,8-9H2,1-3H3,(H,16,17,18). The van der Waals surface area contributed by atoms with Crippen LogP contribution in [-0.4, -0.2) is 30.6 Å². The Morgan fingerprint density at radius 3 is 2.80 bits per heavy atom. The molecule has 4 nitrogen and oxygen atoms in total. The van der Waals surface area contributed by atoms with E-state index in [0.29, 0.717) is 0 Å². The zero-order valence-corrected chi connectivity index (χ0v) is 13.2. The number of aromatic nitrogens is 2. The molecule has 0 saturated heterocycles. The molecule has 0 saturated carbocycles. The fraction of sp³-hybridized carbons (Fsp3) is 0.467. The highest BCUT2D eigenvalue weighted by molar-refractivity contribution is 7.09. The Bertz CT molecular complexity index is 525. The lowest BCUT2D eigenvalue weighted by Crippen LogP contribution is -2.22. The van der Waals surface area contributed by atoms with Gasteiger partial charge in [0, 0.05) is 38.0 Å². The molecule has 108 valence electrons. The van der Waals surface area contributed by atoms with Crippen molar-refractivity contribution in [3.63, 3.8) is 0 Å². The summed E-state index contributed by atoms with van der Waals surface area (Å²) in [4.78, 5) is 12.7. The van der Waals surface area contributed by atoms with E-state index in [9.17, 15) is 0 Å². The fourth-order valence-corrected chi connectivity index (χ4v) is 2.69. The van der Waals surface area contributed by atoms with Crippen molar-refractivity contribution < 1.29 is 0 Å². The molecule has 2 aromatic heterocycles. The molecular formula is C15H22N4S. The zero-order chi connectivity index (χ0) is 14.4. The largest absolute Gasteiger partial charge is 0.373 e. The molecule has 2 heterocycles. The van der Waals surface area contributed by atoms with Gasteiger partial charge in [-0.1, -0.05) is 13.0 Å². The molecule has 0 atom stereocenters. The number of thiophene rings is 1. The van der Waals surface area contributed by atoms with Gasteiger partial charge in [0.2, 0.25) is 0 Å². The maximum Gasteiger partial charge on any atom is 0.134 e. The summed E-state index contributed by atoms with van der Waals surface area (Å²) in [6.45, 7) is 3.11. The number of hydrogen-bond donors (Lipinski definition) is 1. The van der Waals surface area contributed by atoms with Gasteiger partial charge in [-0.05, 0) is 24.3 Å². The first-order chi connectivity index (χ1) is 9.72. The second kappa shape index (κ2) is 7.24. The average Bonchev–Trinajstić information content (AvgIpc) is 2.98. The SMILES string of the molecule is CCCc1nc(NC)cc(N(C)CCc2cccs2)n1. The van der Waals surface area contributed by atoms with Crippen molar-refractivity contribution in [1.29, 1.82) is 0 Å². The fourth-order valence-electron chi connectivity index (χ4n) is 1.99. The van der Waals surface area contributed by atoms with E-state index in [-0.39, 0.29) is 0 Å². The van der Waals surface area contributed by atoms with E-state index < -0.39 is 0 Å². The van der Waals surface area contributed by atoms with Gasteiger partial charge < -0.3 is 10.2 Å². The molecule has 0 aromatic carbocycles. The minimum atomic E-state index is 0.890. The minimum absolute atomic E-state index is 0.890. The van der Waals surface area contributed by atoms with Crippen LogP contribution >= 0.6 is 11.3 Å². The van der Waals surface area contributed by atoms with Crippen molar-refractivity contribution in [1.82, 2.24) is 9.97 Å². The Hall–Kier alpha value is -1.62. The number of nitrogens with one attached hydrogen (secondary N) is 1. The van der Waals surface area contributed by atoms with E-state index in [0.717, 1.165) is 43.3 Å². The summed E-state index contributed by atoms with van der Waals surface area (Å²) in [6, 6.07) is 6.29. The molecule has 0 unspecified atom stereocenters. The number of rotatable bonds is 7. The van der Waals surface area contributed by atoms with Crippen LogP contribution in [0.4, 0.5) is 11.6 Å². The van der Waals surface area contributed by atoms with Crippen molar-refractivity contribution in [3.8, 4) is 0 Å². The lowest BCUT2D eigenvalue weighted by atomic mass is 10.3. The summed E-state index contributed by atoms with van der Waals surface area (Å²) < 4.78 is 0. The molecule has 5 heteroatoms. The summed E-state index contributed by atoms with van der Waals surface area (Å²) in [7, 11) is 3.98. The molecular weight excluding hydrogens is 268 g/mol. The molecule has 0 spiro atoms. The quantitative estimate of drug-likeness (QED) is 0.850. The van der Waals surface area contributed by atoms with Crippen molar-refractivity contribution >= 4 is 23.0 Å². The third-order valence-electron chi connectivity index (χ3n) is 3.15. The Labute approximate surface area is 124 Å². The summed E-state index contributed by atoms with van der Waals surface area (Å²) in [5.41, 5.74) is 0. The second-order valence-electron chi connectivity index (χ2n) is 4.78. The van der Waals surface area contributed by atoms with Crippen LogP contribution in [0.25, 0.3) is 0 Å². The summed E-state index contributed by atoms with van der Waals surface area (Å²) in [5.74, 6) is 2.79. The predicted octanol–water partition coefficient (Wildman–Crippen LogP) is 3.21. The monoisotopic (exact) mass is 290 g/mol. The topological polar surface area (TPSA) is 41.1 Å². The first-order valence-corrected chi connectivity index (χ1v) is 7.90. The van der Waals surface area contributed by atoms with Crippen LogP contribution in [-0.2, 0) is 12.8 Å². The lowest BCUT2D eigenvalue weighted by molar-refractivity contribution is 0.809. The van der Waals surface area contributed by atoms with E-state index in [4.69, 9.17) is 0 Å². The average molecular weight is 290 g/mol. The normalized spacial score (nSPS) is 10.6. The van der Waals surface area contributed by atoms with E-state index in [1.54, 1.807) is 0 Å². The first-order valence-electron chi connectivity index (χ1n) is 7.02. The number of likely N-dealkylation sites (N-methyl/N-ethyl adjacent to an activating group) is 1. The smallest absolute Gasteiger partial charge is 0.134 e. The molecule has 0 aliphatic heterocycles. The van der Waals surface area contributed by atoms with Gasteiger partial charge in [0.1, 0.15) is 17.5 Å². The van der Waals surface area contributed by atoms with E-state index >= 15 is 0 Å². The Morgan fingerprint density at radius 2 is 2.15 bits per heavy atom. The van der Waals surface area contributed by atoms with E-state index in [2.05, 4.69) is 51.7 Å². The molecule has 0 fully saturated rings. The van der Waals surface area contributed by atoms with Gasteiger partial charge in [0.25, 0.3) is 0 Å². The van der Waals surface area contributed by atoms with Crippen LogP contribution in [0.2, 0.25) is 0 Å². The summed E-state index contributed by atoms with van der Waals surface area (Å²) in [6.07, 6.45) is 3.03. The maximum absolute atomic E-state index is 4.65. The van der Waals surface area contributed by atoms with Crippen LogP contribution in [0.1, 0.15) is 24.0 Å². The first kappa shape index (κ1) is 14.8. The van der Waals surface area contributed by atoms with Crippen LogP contribution < -0.4 is 10.2 Å². The predicted molar refractivity (Wildman–Crippen MR) is 86.9 cm³/mol.